The number of likely N-dealkylation sites (tertiary alicyclic amines) is 1. The molecule has 2 aromatic carbocycles. The Morgan fingerprint density at radius 2 is 2.14 bits per heavy atom. The van der Waals surface area contributed by atoms with Gasteiger partial charge in [0.15, 0.2) is 0 Å². The van der Waals surface area contributed by atoms with Crippen molar-refractivity contribution in [1.29, 1.82) is 0 Å². The normalized spacial score (nSPS) is 27.5. The Balaban J connectivity index is 1.51. The van der Waals surface area contributed by atoms with Crippen LogP contribution in [0.3, 0.4) is 0 Å². The lowest BCUT2D eigenvalue weighted by Gasteiger charge is -2.39. The number of benzene rings is 2. The third-order valence-corrected chi connectivity index (χ3v) is 9.94. The predicted molar refractivity (Wildman–Crippen MR) is 163 cm³/mol. The zero-order chi connectivity index (χ0) is 31.1. The highest BCUT2D eigenvalue weighted by molar-refractivity contribution is 6.31. The summed E-state index contributed by atoms with van der Waals surface area (Å²) in [5.74, 6) is -2.15. The van der Waals surface area contributed by atoms with Crippen LogP contribution in [0.4, 0.5) is 4.39 Å². The lowest BCUT2D eigenvalue weighted by molar-refractivity contribution is -0.128. The quantitative estimate of drug-likeness (QED) is 0.352. The highest BCUT2D eigenvalue weighted by Gasteiger charge is 2.70. The zero-order valence-corrected chi connectivity index (χ0v) is 25.5. The van der Waals surface area contributed by atoms with Gasteiger partial charge in [-0.3, -0.25) is 9.69 Å². The first-order valence-electron chi connectivity index (χ1n) is 14.3. The Bertz CT molecular complexity index is 1830. The van der Waals surface area contributed by atoms with E-state index in [1.54, 1.807) is 42.0 Å². The highest BCUT2D eigenvalue weighted by Crippen LogP contribution is 2.61. The van der Waals surface area contributed by atoms with Crippen LogP contribution in [0.2, 0.25) is 5.02 Å². The number of carbonyl (C=O) groups is 2. The summed E-state index contributed by atoms with van der Waals surface area (Å²) in [4.78, 5) is 28.6. The molecule has 9 nitrogen and oxygen atoms in total. The summed E-state index contributed by atoms with van der Waals surface area (Å²) in [7, 11) is 1.39. The molecular weight excluding hydrogens is 610 g/mol. The number of allylic oxidation sites excluding steroid dienone is 3. The second-order valence-electron chi connectivity index (χ2n) is 11.6. The summed E-state index contributed by atoms with van der Waals surface area (Å²) in [6.07, 6.45) is 5.38. The van der Waals surface area contributed by atoms with E-state index in [0.717, 1.165) is 12.8 Å². The van der Waals surface area contributed by atoms with Gasteiger partial charge in [-0.25, -0.2) is 13.9 Å². The van der Waals surface area contributed by atoms with Crippen LogP contribution in [0, 0.1) is 11.7 Å². The molecule has 1 aromatic heterocycles. The Morgan fingerprint density at radius 3 is 2.82 bits per heavy atom. The lowest BCUT2D eigenvalue weighted by Crippen LogP contribution is -2.57. The average Bonchev–Trinajstić information content (AvgIpc) is 3.62. The van der Waals surface area contributed by atoms with Crippen molar-refractivity contribution in [2.24, 2.45) is 5.92 Å². The molecule has 3 aromatic rings. The SMILES string of the molecule is C=C1/C(=C\C(Cl)=C/C)NC(=O)[C@@]12[C@H](c1cccc(Cl)c1F)[C@@H]1[C@@H](COc3c4cc(C(=O)O)c(OC)cc4nn31)N2CC1CC1. The Kier molecular flexibility index (Phi) is 6.80. The number of carboxylic acids is 1. The van der Waals surface area contributed by atoms with Gasteiger partial charge in [0.05, 0.1) is 29.6 Å². The number of fused-ring (bicyclic) bond motifs is 5. The minimum absolute atomic E-state index is 0.0450. The second-order valence-corrected chi connectivity index (χ2v) is 12.5. The van der Waals surface area contributed by atoms with Crippen molar-refractivity contribution in [2.75, 3.05) is 20.3 Å². The number of nitrogens with zero attached hydrogens (tertiary/aromatic N) is 3. The van der Waals surface area contributed by atoms with E-state index in [9.17, 15) is 14.7 Å². The number of methoxy groups -OCH3 is 1. The first kappa shape index (κ1) is 28.9. The van der Waals surface area contributed by atoms with Crippen LogP contribution in [0.1, 0.15) is 47.6 Å². The third-order valence-electron chi connectivity index (χ3n) is 9.32. The number of amides is 1. The van der Waals surface area contributed by atoms with E-state index >= 15 is 4.39 Å². The second kappa shape index (κ2) is 10.4. The standard InChI is InChI=1S/C32H29Cl2FN4O5/c1-4-17(33)10-22-15(2)32(31(42)36-22)26(18-6-5-7-21(34)27(18)35)28-24(38(32)13-16-8-9-16)14-44-29-19-11-20(30(40)41)25(43-3)12-23(19)37-39(28)29/h4-7,10-12,16,24,26,28H,2,8-9,13-14H2,1,3H3,(H,36,42)(H,40,41)/b17-4+,22-10+/t24-,26-,28+,32+/m1/s1. The molecule has 3 fully saturated rings. The van der Waals surface area contributed by atoms with Gasteiger partial charge in [0, 0.05) is 29.3 Å². The van der Waals surface area contributed by atoms with E-state index < -0.39 is 35.3 Å². The minimum atomic E-state index is -1.42. The van der Waals surface area contributed by atoms with E-state index in [-0.39, 0.29) is 34.4 Å². The topological polar surface area (TPSA) is 106 Å². The number of nitrogens with one attached hydrogen (secondary N) is 1. The summed E-state index contributed by atoms with van der Waals surface area (Å²) in [6, 6.07) is 6.77. The van der Waals surface area contributed by atoms with Gasteiger partial charge < -0.3 is 19.9 Å². The number of hydrogen-bond donors (Lipinski definition) is 2. The van der Waals surface area contributed by atoms with Gasteiger partial charge in [-0.1, -0.05) is 48.0 Å². The molecule has 1 saturated carbocycles. The first-order valence-corrected chi connectivity index (χ1v) is 15.1. The fourth-order valence-electron chi connectivity index (χ4n) is 7.18. The maximum Gasteiger partial charge on any atom is 0.339 e. The molecule has 3 aliphatic heterocycles. The van der Waals surface area contributed by atoms with Crippen molar-refractivity contribution in [3.8, 4) is 11.6 Å². The predicted octanol–water partition coefficient (Wildman–Crippen LogP) is 5.80. The van der Waals surface area contributed by atoms with E-state index in [1.165, 1.54) is 19.2 Å². The molecule has 4 atom stereocenters. The zero-order valence-electron chi connectivity index (χ0n) is 23.9. The molecule has 0 bridgehead atoms. The van der Waals surface area contributed by atoms with Crippen molar-refractivity contribution < 1.29 is 28.6 Å². The van der Waals surface area contributed by atoms with Crippen molar-refractivity contribution in [1.82, 2.24) is 20.0 Å². The van der Waals surface area contributed by atoms with Gasteiger partial charge in [-0.05, 0) is 55.0 Å². The van der Waals surface area contributed by atoms with Gasteiger partial charge in [-0.15, -0.1) is 0 Å². The molecule has 12 heteroatoms. The number of carbonyl (C=O) groups excluding carboxylic acids is 1. The number of halogens is 3. The smallest absolute Gasteiger partial charge is 0.339 e. The van der Waals surface area contributed by atoms with Gasteiger partial charge in [0.1, 0.15) is 34.8 Å². The van der Waals surface area contributed by atoms with Crippen LogP contribution < -0.4 is 14.8 Å². The van der Waals surface area contributed by atoms with Gasteiger partial charge >= 0.3 is 5.97 Å². The fraction of sp³-hybridized carbons (Fsp3) is 0.344. The van der Waals surface area contributed by atoms with Crippen molar-refractivity contribution in [3.63, 3.8) is 0 Å². The molecule has 0 radical (unpaired) electrons. The molecule has 7 rings (SSSR count). The van der Waals surface area contributed by atoms with Gasteiger partial charge in [-0.2, -0.15) is 5.10 Å². The number of carboxylic acid groups (broad SMARTS) is 1. The number of aromatic carboxylic acids is 1. The summed E-state index contributed by atoms with van der Waals surface area (Å²) >= 11 is 12.8. The maximum atomic E-state index is 16.2. The molecule has 44 heavy (non-hydrogen) atoms. The average molecular weight is 640 g/mol. The first-order chi connectivity index (χ1) is 21.1. The molecule has 4 aliphatic rings. The summed E-state index contributed by atoms with van der Waals surface area (Å²) in [5.41, 5.74) is 0.140. The Morgan fingerprint density at radius 1 is 1.36 bits per heavy atom. The minimum Gasteiger partial charge on any atom is -0.496 e. The fourth-order valence-corrected chi connectivity index (χ4v) is 7.47. The van der Waals surface area contributed by atoms with Crippen molar-refractivity contribution >= 4 is 46.0 Å². The van der Waals surface area contributed by atoms with E-state index in [0.29, 0.717) is 45.5 Å². The van der Waals surface area contributed by atoms with E-state index in [4.69, 9.17) is 37.8 Å². The van der Waals surface area contributed by atoms with E-state index in [1.807, 2.05) is 0 Å². The molecule has 228 valence electrons. The van der Waals surface area contributed by atoms with Crippen LogP contribution in [0.25, 0.3) is 10.9 Å². The largest absolute Gasteiger partial charge is 0.496 e. The Hall–Kier alpha value is -3.86. The molecule has 1 amide bonds. The third kappa shape index (κ3) is 4.04. The van der Waals surface area contributed by atoms with Crippen LogP contribution >= 0.6 is 23.2 Å². The van der Waals surface area contributed by atoms with Crippen LogP contribution in [0.15, 0.2) is 65.4 Å². The highest BCUT2D eigenvalue weighted by atomic mass is 35.5. The molecule has 0 unspecified atom stereocenters. The number of aromatic nitrogens is 2. The van der Waals surface area contributed by atoms with Gasteiger partial charge in [0.2, 0.25) is 11.8 Å². The number of ether oxygens (including phenoxy) is 2. The molecule has 1 spiro atoms. The van der Waals surface area contributed by atoms with E-state index in [2.05, 4.69) is 16.8 Å². The van der Waals surface area contributed by atoms with Crippen molar-refractivity contribution in [3.05, 3.63) is 87.3 Å². The maximum absolute atomic E-state index is 16.2. The van der Waals surface area contributed by atoms with Crippen molar-refractivity contribution in [2.45, 2.75) is 43.3 Å². The lowest BCUT2D eigenvalue weighted by atomic mass is 9.73. The monoisotopic (exact) mass is 638 g/mol. The molecular formula is C32H29Cl2FN4O5. The molecule has 4 heterocycles. The number of hydrogen-bond acceptors (Lipinski definition) is 6. The van der Waals surface area contributed by atoms with Crippen LogP contribution in [-0.2, 0) is 4.79 Å². The summed E-state index contributed by atoms with van der Waals surface area (Å²) in [6.45, 7) is 6.94. The molecule has 2 N–H and O–H groups in total. The van der Waals surface area contributed by atoms with Crippen LogP contribution in [-0.4, -0.2) is 63.5 Å². The Labute approximate surface area is 262 Å². The van der Waals surface area contributed by atoms with Crippen LogP contribution in [0.5, 0.6) is 11.6 Å². The summed E-state index contributed by atoms with van der Waals surface area (Å²) < 4.78 is 29.6. The molecule has 1 aliphatic carbocycles. The summed E-state index contributed by atoms with van der Waals surface area (Å²) in [5, 5.41) is 18.5. The number of rotatable bonds is 6. The van der Waals surface area contributed by atoms with Gasteiger partial charge in [0.25, 0.3) is 0 Å². The molecule has 2 saturated heterocycles.